The summed E-state index contributed by atoms with van der Waals surface area (Å²) in [5, 5.41) is 12.1. The van der Waals surface area contributed by atoms with Crippen molar-refractivity contribution in [2.75, 3.05) is 5.32 Å². The predicted octanol–water partition coefficient (Wildman–Crippen LogP) is 4.51. The zero-order valence-corrected chi connectivity index (χ0v) is 11.3. The minimum atomic E-state index is -0.259. The molecule has 4 heteroatoms. The van der Waals surface area contributed by atoms with E-state index in [4.69, 9.17) is 5.26 Å². The zero-order valence-electron chi connectivity index (χ0n) is 9.67. The minimum absolute atomic E-state index is 0.259. The van der Waals surface area contributed by atoms with Gasteiger partial charge in [-0.1, -0.05) is 15.9 Å². The molecule has 0 aliphatic rings. The van der Waals surface area contributed by atoms with Crippen molar-refractivity contribution in [1.29, 1.82) is 5.26 Å². The maximum absolute atomic E-state index is 13.0. The van der Waals surface area contributed by atoms with Gasteiger partial charge in [0, 0.05) is 15.8 Å². The number of halogens is 2. The monoisotopic (exact) mass is 304 g/mol. The number of rotatable bonds is 2. The summed E-state index contributed by atoms with van der Waals surface area (Å²) < 4.78 is 13.8. The van der Waals surface area contributed by atoms with Crippen LogP contribution in [0.2, 0.25) is 0 Å². The Hall–Kier alpha value is -1.86. The third kappa shape index (κ3) is 2.88. The number of anilines is 2. The highest BCUT2D eigenvalue weighted by atomic mass is 79.9. The van der Waals surface area contributed by atoms with Gasteiger partial charge in [0.05, 0.1) is 11.6 Å². The molecule has 0 atom stereocenters. The molecule has 0 aliphatic heterocycles. The average molecular weight is 305 g/mol. The lowest BCUT2D eigenvalue weighted by Gasteiger charge is -2.10. The van der Waals surface area contributed by atoms with E-state index < -0.39 is 0 Å². The van der Waals surface area contributed by atoms with Crippen LogP contribution in [0.3, 0.4) is 0 Å². The van der Waals surface area contributed by atoms with E-state index in [-0.39, 0.29) is 5.82 Å². The van der Waals surface area contributed by atoms with Crippen LogP contribution in [0.25, 0.3) is 0 Å². The van der Waals surface area contributed by atoms with Gasteiger partial charge in [-0.25, -0.2) is 4.39 Å². The predicted molar refractivity (Wildman–Crippen MR) is 73.3 cm³/mol. The molecule has 0 saturated heterocycles. The Bertz CT molecular complexity index is 632. The lowest BCUT2D eigenvalue weighted by molar-refractivity contribution is 0.627. The van der Waals surface area contributed by atoms with Crippen molar-refractivity contribution in [2.24, 2.45) is 0 Å². The van der Waals surface area contributed by atoms with Gasteiger partial charge in [0.25, 0.3) is 0 Å². The van der Waals surface area contributed by atoms with Crippen LogP contribution in [0.4, 0.5) is 15.8 Å². The molecule has 0 amide bonds. The SMILES string of the molecule is Cc1cc(F)ccc1Nc1cc(Br)cc(C#N)c1. The van der Waals surface area contributed by atoms with Crippen molar-refractivity contribution in [1.82, 2.24) is 0 Å². The Morgan fingerprint density at radius 3 is 2.67 bits per heavy atom. The lowest BCUT2D eigenvalue weighted by atomic mass is 10.1. The van der Waals surface area contributed by atoms with E-state index in [1.807, 2.05) is 13.0 Å². The van der Waals surface area contributed by atoms with Gasteiger partial charge in [0.2, 0.25) is 0 Å². The van der Waals surface area contributed by atoms with Gasteiger partial charge in [0.1, 0.15) is 5.82 Å². The molecule has 2 nitrogen and oxygen atoms in total. The Morgan fingerprint density at radius 1 is 1.22 bits per heavy atom. The zero-order chi connectivity index (χ0) is 13.1. The topological polar surface area (TPSA) is 35.8 Å². The van der Waals surface area contributed by atoms with Gasteiger partial charge in [-0.15, -0.1) is 0 Å². The summed E-state index contributed by atoms with van der Waals surface area (Å²) in [6.45, 7) is 1.83. The Balaban J connectivity index is 2.34. The van der Waals surface area contributed by atoms with Gasteiger partial charge in [0.15, 0.2) is 0 Å². The van der Waals surface area contributed by atoms with Gasteiger partial charge < -0.3 is 5.32 Å². The van der Waals surface area contributed by atoms with Crippen LogP contribution in [-0.4, -0.2) is 0 Å². The van der Waals surface area contributed by atoms with E-state index in [0.717, 1.165) is 21.4 Å². The number of nitrogens with zero attached hydrogens (tertiary/aromatic N) is 1. The first kappa shape index (κ1) is 12.6. The second-order valence-corrected chi connectivity index (χ2v) is 4.84. The maximum Gasteiger partial charge on any atom is 0.123 e. The number of hydrogen-bond acceptors (Lipinski definition) is 2. The van der Waals surface area contributed by atoms with Gasteiger partial charge in [-0.05, 0) is 48.9 Å². The summed E-state index contributed by atoms with van der Waals surface area (Å²) in [6.07, 6.45) is 0. The van der Waals surface area contributed by atoms with Crippen molar-refractivity contribution in [3.63, 3.8) is 0 Å². The molecule has 0 spiro atoms. The molecular weight excluding hydrogens is 295 g/mol. The fraction of sp³-hybridized carbons (Fsp3) is 0.0714. The summed E-state index contributed by atoms with van der Waals surface area (Å²) in [5.41, 5.74) is 2.98. The molecule has 0 aliphatic carbocycles. The molecule has 0 fully saturated rings. The van der Waals surface area contributed by atoms with Crippen molar-refractivity contribution in [3.05, 3.63) is 57.8 Å². The van der Waals surface area contributed by atoms with Gasteiger partial charge in [-0.3, -0.25) is 0 Å². The highest BCUT2D eigenvalue weighted by Crippen LogP contribution is 2.25. The second kappa shape index (κ2) is 5.19. The summed E-state index contributed by atoms with van der Waals surface area (Å²) in [7, 11) is 0. The summed E-state index contributed by atoms with van der Waals surface area (Å²) in [5.74, 6) is -0.259. The molecule has 0 saturated carbocycles. The Morgan fingerprint density at radius 2 is 2.00 bits per heavy atom. The third-order valence-electron chi connectivity index (χ3n) is 2.49. The number of benzene rings is 2. The highest BCUT2D eigenvalue weighted by molar-refractivity contribution is 9.10. The van der Waals surface area contributed by atoms with E-state index in [1.165, 1.54) is 12.1 Å². The van der Waals surface area contributed by atoms with Crippen LogP contribution in [0.15, 0.2) is 40.9 Å². The van der Waals surface area contributed by atoms with Crippen LogP contribution in [0, 0.1) is 24.1 Å². The molecule has 2 aromatic carbocycles. The van der Waals surface area contributed by atoms with Crippen molar-refractivity contribution < 1.29 is 4.39 Å². The quantitative estimate of drug-likeness (QED) is 0.886. The van der Waals surface area contributed by atoms with E-state index in [0.29, 0.717) is 5.56 Å². The number of nitriles is 1. The summed E-state index contributed by atoms with van der Waals surface area (Å²) in [4.78, 5) is 0. The average Bonchev–Trinajstić information content (AvgIpc) is 2.32. The fourth-order valence-electron chi connectivity index (χ4n) is 1.65. The molecule has 0 bridgehead atoms. The molecular formula is C14H10BrFN2. The largest absolute Gasteiger partial charge is 0.355 e. The summed E-state index contributed by atoms with van der Waals surface area (Å²) in [6, 6.07) is 12.0. The maximum atomic E-state index is 13.0. The van der Waals surface area contributed by atoms with Crippen molar-refractivity contribution in [2.45, 2.75) is 6.92 Å². The molecule has 2 rings (SSSR count). The van der Waals surface area contributed by atoms with Crippen molar-refractivity contribution >= 4 is 27.3 Å². The lowest BCUT2D eigenvalue weighted by Crippen LogP contribution is -1.94. The summed E-state index contributed by atoms with van der Waals surface area (Å²) >= 11 is 3.35. The third-order valence-corrected chi connectivity index (χ3v) is 2.95. The number of hydrogen-bond donors (Lipinski definition) is 1. The minimum Gasteiger partial charge on any atom is -0.355 e. The first-order valence-electron chi connectivity index (χ1n) is 5.32. The van der Waals surface area contributed by atoms with E-state index in [2.05, 4.69) is 27.3 Å². The van der Waals surface area contributed by atoms with Crippen molar-refractivity contribution in [3.8, 4) is 6.07 Å². The number of aryl methyl sites for hydroxylation is 1. The van der Waals surface area contributed by atoms with Crippen LogP contribution >= 0.6 is 15.9 Å². The second-order valence-electron chi connectivity index (χ2n) is 3.92. The molecule has 0 heterocycles. The smallest absolute Gasteiger partial charge is 0.123 e. The molecule has 1 N–H and O–H groups in total. The first-order valence-corrected chi connectivity index (χ1v) is 6.11. The molecule has 90 valence electrons. The first-order chi connectivity index (χ1) is 8.58. The van der Waals surface area contributed by atoms with Crippen LogP contribution < -0.4 is 5.32 Å². The molecule has 0 aromatic heterocycles. The van der Waals surface area contributed by atoms with E-state index >= 15 is 0 Å². The standard InChI is InChI=1S/C14H10BrFN2/c1-9-4-12(16)2-3-14(9)18-13-6-10(8-17)5-11(15)7-13/h2-7,18H,1H3. The van der Waals surface area contributed by atoms with Gasteiger partial charge in [-0.2, -0.15) is 5.26 Å². The van der Waals surface area contributed by atoms with E-state index in [1.54, 1.807) is 18.2 Å². The fourth-order valence-corrected chi connectivity index (χ4v) is 2.14. The Kier molecular flexibility index (Phi) is 3.63. The molecule has 0 radical (unpaired) electrons. The van der Waals surface area contributed by atoms with Crippen LogP contribution in [0.1, 0.15) is 11.1 Å². The highest BCUT2D eigenvalue weighted by Gasteiger charge is 2.03. The van der Waals surface area contributed by atoms with Gasteiger partial charge >= 0.3 is 0 Å². The van der Waals surface area contributed by atoms with E-state index in [9.17, 15) is 4.39 Å². The van der Waals surface area contributed by atoms with Crippen LogP contribution in [0.5, 0.6) is 0 Å². The normalized spacial score (nSPS) is 9.89. The molecule has 2 aromatic rings. The molecule has 0 unspecified atom stereocenters. The number of nitrogens with one attached hydrogen (secondary N) is 1. The molecule has 18 heavy (non-hydrogen) atoms. The van der Waals surface area contributed by atoms with Crippen LogP contribution in [-0.2, 0) is 0 Å². The Labute approximate surface area is 113 Å².